The molecule has 28 heavy (non-hydrogen) atoms. The van der Waals surface area contributed by atoms with E-state index in [1.807, 2.05) is 0 Å². The van der Waals surface area contributed by atoms with Gasteiger partial charge in [-0.3, -0.25) is 4.90 Å². The highest BCUT2D eigenvalue weighted by Gasteiger charge is 2.21. The predicted molar refractivity (Wildman–Crippen MR) is 114 cm³/mol. The first-order valence-electron chi connectivity index (χ1n) is 10.2. The Morgan fingerprint density at radius 1 is 1.11 bits per heavy atom. The molecule has 1 saturated heterocycles. The zero-order chi connectivity index (χ0) is 19.5. The fourth-order valence-electron chi connectivity index (χ4n) is 4.08. The van der Waals surface area contributed by atoms with Gasteiger partial charge >= 0.3 is 0 Å². The van der Waals surface area contributed by atoms with Crippen LogP contribution in [0.15, 0.2) is 42.0 Å². The van der Waals surface area contributed by atoms with Crippen molar-refractivity contribution in [3.8, 4) is 5.75 Å². The molecule has 0 atom stereocenters. The van der Waals surface area contributed by atoms with Gasteiger partial charge in [0, 0.05) is 11.6 Å². The van der Waals surface area contributed by atoms with E-state index in [0.717, 1.165) is 43.5 Å². The van der Waals surface area contributed by atoms with Crippen molar-refractivity contribution in [1.29, 1.82) is 0 Å². The Morgan fingerprint density at radius 3 is 2.71 bits per heavy atom. The van der Waals surface area contributed by atoms with Crippen molar-refractivity contribution >= 4 is 17.2 Å². The average molecular weight is 400 g/mol. The first-order chi connectivity index (χ1) is 13.6. The van der Waals surface area contributed by atoms with Crippen LogP contribution in [0.5, 0.6) is 5.75 Å². The maximum Gasteiger partial charge on any atom is 0.124 e. The molecule has 2 aromatic carbocycles. The normalized spacial score (nSPS) is 16.7. The van der Waals surface area contributed by atoms with E-state index in [1.165, 1.54) is 48.3 Å². The van der Waals surface area contributed by atoms with Gasteiger partial charge in [0.25, 0.3) is 0 Å². The number of aryl methyl sites for hydroxylation is 2. The lowest BCUT2D eigenvalue weighted by molar-refractivity contribution is 0.197. The Kier molecular flexibility index (Phi) is 6.03. The molecule has 0 spiro atoms. The zero-order valence-corrected chi connectivity index (χ0v) is 17.2. The quantitative estimate of drug-likeness (QED) is 0.536. The molecule has 0 amide bonds. The summed E-state index contributed by atoms with van der Waals surface area (Å²) in [5.41, 5.74) is 6.78. The first-order valence-corrected chi connectivity index (χ1v) is 10.6. The van der Waals surface area contributed by atoms with Crippen molar-refractivity contribution in [2.24, 2.45) is 0 Å². The summed E-state index contributed by atoms with van der Waals surface area (Å²) in [5, 5.41) is 0.491. The second kappa shape index (κ2) is 8.67. The predicted octanol–water partition coefficient (Wildman–Crippen LogP) is 5.92. The number of rotatable bonds is 7. The van der Waals surface area contributed by atoms with Crippen molar-refractivity contribution in [2.75, 3.05) is 26.2 Å². The Labute approximate surface area is 172 Å². The molecule has 1 heterocycles. The highest BCUT2D eigenvalue weighted by molar-refractivity contribution is 6.31. The van der Waals surface area contributed by atoms with Crippen LogP contribution in [-0.4, -0.2) is 31.1 Å². The molecule has 1 aliphatic carbocycles. The Hall–Kier alpha value is -1.84. The SMILES string of the molecule is CC1=C(CN2CCC2)CCc2cc(OCCCc3ccc(F)cc3Cl)ccc21. The molecule has 0 bridgehead atoms. The van der Waals surface area contributed by atoms with Gasteiger partial charge in [-0.15, -0.1) is 0 Å². The van der Waals surface area contributed by atoms with Crippen LogP contribution in [-0.2, 0) is 12.8 Å². The molecule has 2 aliphatic rings. The van der Waals surface area contributed by atoms with Crippen LogP contribution in [0.2, 0.25) is 5.02 Å². The van der Waals surface area contributed by atoms with Crippen LogP contribution in [0, 0.1) is 5.82 Å². The van der Waals surface area contributed by atoms with E-state index in [4.69, 9.17) is 16.3 Å². The molecule has 1 fully saturated rings. The van der Waals surface area contributed by atoms with E-state index >= 15 is 0 Å². The molecule has 4 heteroatoms. The lowest BCUT2D eigenvalue weighted by Crippen LogP contribution is -2.38. The number of allylic oxidation sites excluding steroid dienone is 1. The summed E-state index contributed by atoms with van der Waals surface area (Å²) in [5.74, 6) is 0.638. The molecule has 0 N–H and O–H groups in total. The summed E-state index contributed by atoms with van der Waals surface area (Å²) in [6.45, 7) is 6.52. The van der Waals surface area contributed by atoms with Gasteiger partial charge in [0.2, 0.25) is 0 Å². The summed E-state index contributed by atoms with van der Waals surface area (Å²) in [6.07, 6.45) is 5.23. The summed E-state index contributed by atoms with van der Waals surface area (Å²) in [6, 6.07) is 11.1. The second-order valence-electron chi connectivity index (χ2n) is 7.86. The van der Waals surface area contributed by atoms with E-state index in [2.05, 4.69) is 30.0 Å². The fraction of sp³-hybridized carbons (Fsp3) is 0.417. The van der Waals surface area contributed by atoms with E-state index in [-0.39, 0.29) is 5.82 Å². The lowest BCUT2D eigenvalue weighted by Gasteiger charge is -2.33. The number of benzene rings is 2. The summed E-state index contributed by atoms with van der Waals surface area (Å²) in [4.78, 5) is 2.54. The smallest absolute Gasteiger partial charge is 0.124 e. The standard InChI is InChI=1S/C24H27ClFNO/c1-17-20(16-27-11-3-12-27)6-5-19-14-22(9-10-23(17)19)28-13-2-4-18-7-8-21(26)15-24(18)25/h7-10,14-15H,2-6,11-13,16H2,1H3. The van der Waals surface area contributed by atoms with Crippen LogP contribution in [0.1, 0.15) is 42.9 Å². The molecule has 0 saturated carbocycles. The van der Waals surface area contributed by atoms with Crippen molar-refractivity contribution in [3.63, 3.8) is 0 Å². The van der Waals surface area contributed by atoms with Crippen LogP contribution in [0.3, 0.4) is 0 Å². The second-order valence-corrected chi connectivity index (χ2v) is 8.27. The van der Waals surface area contributed by atoms with Crippen LogP contribution >= 0.6 is 11.6 Å². The minimum Gasteiger partial charge on any atom is -0.494 e. The third-order valence-corrected chi connectivity index (χ3v) is 6.30. The fourth-order valence-corrected chi connectivity index (χ4v) is 4.34. The molecule has 0 radical (unpaired) electrons. The van der Waals surface area contributed by atoms with Crippen molar-refractivity contribution in [3.05, 3.63) is 69.5 Å². The van der Waals surface area contributed by atoms with Gasteiger partial charge in [-0.1, -0.05) is 29.3 Å². The minimum absolute atomic E-state index is 0.295. The number of hydrogen-bond donors (Lipinski definition) is 0. The molecular weight excluding hydrogens is 373 g/mol. The highest BCUT2D eigenvalue weighted by Crippen LogP contribution is 2.34. The van der Waals surface area contributed by atoms with Crippen LogP contribution in [0.4, 0.5) is 4.39 Å². The van der Waals surface area contributed by atoms with Crippen LogP contribution < -0.4 is 4.74 Å². The summed E-state index contributed by atoms with van der Waals surface area (Å²) < 4.78 is 19.1. The van der Waals surface area contributed by atoms with Crippen molar-refractivity contribution in [2.45, 2.75) is 39.0 Å². The van der Waals surface area contributed by atoms with Gasteiger partial charge in [0.05, 0.1) is 6.61 Å². The molecule has 4 rings (SSSR count). The van der Waals surface area contributed by atoms with E-state index in [0.29, 0.717) is 11.6 Å². The largest absolute Gasteiger partial charge is 0.494 e. The van der Waals surface area contributed by atoms with E-state index < -0.39 is 0 Å². The first kappa shape index (κ1) is 19.5. The molecule has 1 aliphatic heterocycles. The molecule has 2 aromatic rings. The number of fused-ring (bicyclic) bond motifs is 1. The minimum atomic E-state index is -0.295. The maximum atomic E-state index is 13.1. The number of nitrogens with zero attached hydrogens (tertiary/aromatic N) is 1. The Bertz CT molecular complexity index is 888. The van der Waals surface area contributed by atoms with Gasteiger partial charge < -0.3 is 4.74 Å². The summed E-state index contributed by atoms with van der Waals surface area (Å²) in [7, 11) is 0. The van der Waals surface area contributed by atoms with Gasteiger partial charge in [0.15, 0.2) is 0 Å². The average Bonchev–Trinajstić information content (AvgIpc) is 2.64. The molecule has 0 aromatic heterocycles. The molecule has 148 valence electrons. The molecule has 2 nitrogen and oxygen atoms in total. The van der Waals surface area contributed by atoms with Gasteiger partial charge in [-0.25, -0.2) is 4.39 Å². The van der Waals surface area contributed by atoms with E-state index in [9.17, 15) is 4.39 Å². The Balaban J connectivity index is 1.33. The number of hydrogen-bond acceptors (Lipinski definition) is 2. The third kappa shape index (κ3) is 4.42. The van der Waals surface area contributed by atoms with Gasteiger partial charge in [-0.05, 0) is 98.6 Å². The highest BCUT2D eigenvalue weighted by atomic mass is 35.5. The lowest BCUT2D eigenvalue weighted by atomic mass is 9.85. The molecule has 0 unspecified atom stereocenters. The Morgan fingerprint density at radius 2 is 1.96 bits per heavy atom. The van der Waals surface area contributed by atoms with Gasteiger partial charge in [-0.2, -0.15) is 0 Å². The zero-order valence-electron chi connectivity index (χ0n) is 16.4. The topological polar surface area (TPSA) is 12.5 Å². The van der Waals surface area contributed by atoms with Crippen molar-refractivity contribution in [1.82, 2.24) is 4.90 Å². The third-order valence-electron chi connectivity index (χ3n) is 5.94. The van der Waals surface area contributed by atoms with Gasteiger partial charge in [0.1, 0.15) is 11.6 Å². The van der Waals surface area contributed by atoms with E-state index in [1.54, 1.807) is 11.6 Å². The van der Waals surface area contributed by atoms with Crippen LogP contribution in [0.25, 0.3) is 5.57 Å². The number of ether oxygens (including phenoxy) is 1. The monoisotopic (exact) mass is 399 g/mol. The molecular formula is C24H27ClFNO. The maximum absolute atomic E-state index is 13.1. The number of halogens is 2. The summed E-state index contributed by atoms with van der Waals surface area (Å²) >= 11 is 6.09. The number of likely N-dealkylation sites (tertiary alicyclic amines) is 1. The van der Waals surface area contributed by atoms with Crippen molar-refractivity contribution < 1.29 is 9.13 Å².